The number of rotatable bonds is 3. The number of benzene rings is 2. The largest absolute Gasteiger partial charge is 0.379 e. The molecule has 0 spiro atoms. The molecule has 0 aliphatic heterocycles. The number of hydrogen-bond donors (Lipinski definition) is 1. The summed E-state index contributed by atoms with van der Waals surface area (Å²) in [7, 11) is 0. The van der Waals surface area contributed by atoms with Gasteiger partial charge in [0.2, 0.25) is 0 Å². The SMILES string of the molecule is Cc1ccc(F)c(NCc2cccc(C#N)c2)c1. The van der Waals surface area contributed by atoms with E-state index < -0.39 is 0 Å². The molecule has 90 valence electrons. The molecular formula is C15H13FN2. The molecule has 0 saturated heterocycles. The van der Waals surface area contributed by atoms with Crippen molar-refractivity contribution in [3.05, 3.63) is 65.0 Å². The zero-order valence-corrected chi connectivity index (χ0v) is 10.1. The van der Waals surface area contributed by atoms with E-state index in [4.69, 9.17) is 5.26 Å². The van der Waals surface area contributed by atoms with Crippen LogP contribution in [0.5, 0.6) is 0 Å². The van der Waals surface area contributed by atoms with E-state index in [1.165, 1.54) is 6.07 Å². The van der Waals surface area contributed by atoms with Gasteiger partial charge in [-0.2, -0.15) is 5.26 Å². The molecule has 0 fully saturated rings. The molecule has 2 aromatic carbocycles. The summed E-state index contributed by atoms with van der Waals surface area (Å²) >= 11 is 0. The quantitative estimate of drug-likeness (QED) is 0.889. The number of halogens is 1. The predicted molar refractivity (Wildman–Crippen MR) is 69.6 cm³/mol. The van der Waals surface area contributed by atoms with Crippen LogP contribution < -0.4 is 5.32 Å². The van der Waals surface area contributed by atoms with E-state index in [0.717, 1.165) is 11.1 Å². The zero-order valence-electron chi connectivity index (χ0n) is 10.1. The maximum atomic E-state index is 13.5. The topological polar surface area (TPSA) is 35.8 Å². The lowest BCUT2D eigenvalue weighted by Gasteiger charge is -2.08. The van der Waals surface area contributed by atoms with Gasteiger partial charge < -0.3 is 5.32 Å². The Bertz CT molecular complexity index is 600. The molecule has 2 nitrogen and oxygen atoms in total. The molecule has 3 heteroatoms. The summed E-state index contributed by atoms with van der Waals surface area (Å²) in [5.41, 5.74) is 3.05. The molecule has 0 aliphatic carbocycles. The molecule has 0 aromatic heterocycles. The van der Waals surface area contributed by atoms with Gasteiger partial charge in [-0.1, -0.05) is 18.2 Å². The van der Waals surface area contributed by atoms with Crippen LogP contribution in [0.1, 0.15) is 16.7 Å². The van der Waals surface area contributed by atoms with Gasteiger partial charge >= 0.3 is 0 Å². The van der Waals surface area contributed by atoms with E-state index in [9.17, 15) is 4.39 Å². The lowest BCUT2D eigenvalue weighted by Crippen LogP contribution is -2.02. The van der Waals surface area contributed by atoms with Gasteiger partial charge in [0.15, 0.2) is 0 Å². The van der Waals surface area contributed by atoms with Crippen molar-refractivity contribution in [2.45, 2.75) is 13.5 Å². The van der Waals surface area contributed by atoms with E-state index in [2.05, 4.69) is 11.4 Å². The first-order valence-corrected chi connectivity index (χ1v) is 5.68. The van der Waals surface area contributed by atoms with E-state index in [-0.39, 0.29) is 5.82 Å². The number of nitrogens with one attached hydrogen (secondary N) is 1. The first kappa shape index (κ1) is 12.1. The van der Waals surface area contributed by atoms with Crippen molar-refractivity contribution in [2.24, 2.45) is 0 Å². The standard InChI is InChI=1S/C15H13FN2/c1-11-5-6-14(16)15(7-11)18-10-13-4-2-3-12(8-13)9-17/h2-8,18H,10H2,1H3. The van der Waals surface area contributed by atoms with E-state index in [0.29, 0.717) is 17.8 Å². The van der Waals surface area contributed by atoms with Crippen LogP contribution in [-0.4, -0.2) is 0 Å². The average Bonchev–Trinajstić information content (AvgIpc) is 2.40. The second-order valence-electron chi connectivity index (χ2n) is 4.15. The Morgan fingerprint density at radius 2 is 2.06 bits per heavy atom. The van der Waals surface area contributed by atoms with Crippen LogP contribution in [0, 0.1) is 24.1 Å². The Morgan fingerprint density at radius 1 is 1.22 bits per heavy atom. The molecule has 0 saturated carbocycles. The first-order chi connectivity index (χ1) is 8.69. The monoisotopic (exact) mass is 240 g/mol. The minimum absolute atomic E-state index is 0.267. The number of aryl methyl sites for hydroxylation is 1. The lowest BCUT2D eigenvalue weighted by molar-refractivity contribution is 0.629. The highest BCUT2D eigenvalue weighted by molar-refractivity contribution is 5.47. The molecule has 18 heavy (non-hydrogen) atoms. The van der Waals surface area contributed by atoms with Crippen molar-refractivity contribution in [3.8, 4) is 6.07 Å². The summed E-state index contributed by atoms with van der Waals surface area (Å²) in [5, 5.41) is 11.8. The Labute approximate surface area is 106 Å². The molecule has 0 bridgehead atoms. The van der Waals surface area contributed by atoms with Crippen LogP contribution in [0.15, 0.2) is 42.5 Å². The molecule has 0 amide bonds. The number of nitrogens with zero attached hydrogens (tertiary/aromatic N) is 1. The third kappa shape index (κ3) is 2.86. The highest BCUT2D eigenvalue weighted by atomic mass is 19.1. The highest BCUT2D eigenvalue weighted by Gasteiger charge is 2.02. The summed E-state index contributed by atoms with van der Waals surface area (Å²) in [6, 6.07) is 14.3. The van der Waals surface area contributed by atoms with Gasteiger partial charge in [0, 0.05) is 6.54 Å². The maximum Gasteiger partial charge on any atom is 0.146 e. The first-order valence-electron chi connectivity index (χ1n) is 5.68. The zero-order chi connectivity index (χ0) is 13.0. The van der Waals surface area contributed by atoms with Gasteiger partial charge in [-0.3, -0.25) is 0 Å². The van der Waals surface area contributed by atoms with Crippen molar-refractivity contribution >= 4 is 5.69 Å². The van der Waals surface area contributed by atoms with Crippen LogP contribution in [-0.2, 0) is 6.54 Å². The molecule has 0 radical (unpaired) electrons. The van der Waals surface area contributed by atoms with Crippen molar-refractivity contribution < 1.29 is 4.39 Å². The molecule has 1 N–H and O–H groups in total. The third-order valence-electron chi connectivity index (χ3n) is 2.66. The van der Waals surface area contributed by atoms with E-state index >= 15 is 0 Å². The molecular weight excluding hydrogens is 227 g/mol. The Balaban J connectivity index is 2.11. The van der Waals surface area contributed by atoms with E-state index in [1.807, 2.05) is 19.1 Å². The normalized spacial score (nSPS) is 9.83. The minimum Gasteiger partial charge on any atom is -0.379 e. The van der Waals surface area contributed by atoms with Gasteiger partial charge in [0.1, 0.15) is 5.82 Å². The van der Waals surface area contributed by atoms with Crippen LogP contribution in [0.25, 0.3) is 0 Å². The molecule has 2 rings (SSSR count). The van der Waals surface area contributed by atoms with E-state index in [1.54, 1.807) is 24.3 Å². The summed E-state index contributed by atoms with van der Waals surface area (Å²) in [4.78, 5) is 0. The molecule has 0 aliphatic rings. The number of nitriles is 1. The smallest absolute Gasteiger partial charge is 0.146 e. The second-order valence-corrected chi connectivity index (χ2v) is 4.15. The summed E-state index contributed by atoms with van der Waals surface area (Å²) in [6.45, 7) is 2.41. The Morgan fingerprint density at radius 3 is 2.83 bits per heavy atom. The van der Waals surface area contributed by atoms with Crippen molar-refractivity contribution in [2.75, 3.05) is 5.32 Å². The van der Waals surface area contributed by atoms with Crippen molar-refractivity contribution in [1.29, 1.82) is 5.26 Å². The number of anilines is 1. The third-order valence-corrected chi connectivity index (χ3v) is 2.66. The maximum absolute atomic E-state index is 13.5. The average molecular weight is 240 g/mol. The molecule has 0 heterocycles. The van der Waals surface area contributed by atoms with Crippen molar-refractivity contribution in [1.82, 2.24) is 0 Å². The fourth-order valence-electron chi connectivity index (χ4n) is 1.72. The molecule has 2 aromatic rings. The fourth-order valence-corrected chi connectivity index (χ4v) is 1.72. The lowest BCUT2D eigenvalue weighted by atomic mass is 10.1. The predicted octanol–water partition coefficient (Wildman–Crippen LogP) is 3.62. The summed E-state index contributed by atoms with van der Waals surface area (Å²) in [5.74, 6) is -0.267. The van der Waals surface area contributed by atoms with Crippen molar-refractivity contribution in [3.63, 3.8) is 0 Å². The Hall–Kier alpha value is -2.34. The van der Waals surface area contributed by atoms with Gasteiger partial charge in [0.05, 0.1) is 17.3 Å². The second kappa shape index (κ2) is 5.33. The van der Waals surface area contributed by atoms with Crippen LogP contribution in [0.4, 0.5) is 10.1 Å². The minimum atomic E-state index is -0.267. The summed E-state index contributed by atoms with van der Waals surface area (Å²) in [6.07, 6.45) is 0. The molecule has 0 unspecified atom stereocenters. The fraction of sp³-hybridized carbons (Fsp3) is 0.133. The van der Waals surface area contributed by atoms with Crippen LogP contribution in [0.3, 0.4) is 0 Å². The van der Waals surface area contributed by atoms with Gasteiger partial charge in [0.25, 0.3) is 0 Å². The van der Waals surface area contributed by atoms with Gasteiger partial charge in [-0.25, -0.2) is 4.39 Å². The summed E-state index contributed by atoms with van der Waals surface area (Å²) < 4.78 is 13.5. The van der Waals surface area contributed by atoms with Crippen LogP contribution in [0.2, 0.25) is 0 Å². The Kier molecular flexibility index (Phi) is 3.59. The molecule has 0 atom stereocenters. The van der Waals surface area contributed by atoms with Crippen LogP contribution >= 0.6 is 0 Å². The van der Waals surface area contributed by atoms with Gasteiger partial charge in [-0.15, -0.1) is 0 Å². The highest BCUT2D eigenvalue weighted by Crippen LogP contribution is 2.16. The number of hydrogen-bond acceptors (Lipinski definition) is 2. The van der Waals surface area contributed by atoms with Gasteiger partial charge in [-0.05, 0) is 42.3 Å².